The summed E-state index contributed by atoms with van der Waals surface area (Å²) >= 11 is 0. The number of nitrogens with zero attached hydrogens (tertiary/aromatic N) is 5. The molecule has 6 nitrogen and oxygen atoms in total. The van der Waals surface area contributed by atoms with Crippen LogP contribution in [0.1, 0.15) is 34.9 Å². The van der Waals surface area contributed by atoms with Gasteiger partial charge in [0.15, 0.2) is 11.5 Å². The van der Waals surface area contributed by atoms with Gasteiger partial charge >= 0.3 is 0 Å². The molecule has 4 heterocycles. The molecule has 6 heteroatoms. The fraction of sp³-hybridized carbons (Fsp3) is 0.478. The first kappa shape index (κ1) is 18.6. The molecule has 1 atom stereocenters. The number of aryl methyl sites for hydroxylation is 2. The molecule has 0 amide bonds. The van der Waals surface area contributed by atoms with Gasteiger partial charge < -0.3 is 9.64 Å². The third-order valence-electron chi connectivity index (χ3n) is 6.03. The Kier molecular flexibility index (Phi) is 4.97. The van der Waals surface area contributed by atoms with Crippen molar-refractivity contribution in [1.29, 1.82) is 0 Å². The van der Waals surface area contributed by atoms with Crippen LogP contribution < -0.4 is 4.90 Å². The SMILES string of the molecule is Cc1cc(C)cc(CN2CC[C@@H](c3nc4ccc(N5CCOCC5)cn4n3)C2)c1. The van der Waals surface area contributed by atoms with Crippen molar-refractivity contribution in [3.05, 3.63) is 59.0 Å². The Bertz CT molecular complexity index is 987. The lowest BCUT2D eigenvalue weighted by molar-refractivity contribution is 0.122. The van der Waals surface area contributed by atoms with E-state index in [2.05, 4.69) is 60.2 Å². The Labute approximate surface area is 172 Å². The largest absolute Gasteiger partial charge is 0.378 e. The number of hydrogen-bond acceptors (Lipinski definition) is 5. The van der Waals surface area contributed by atoms with E-state index in [4.69, 9.17) is 14.8 Å². The fourth-order valence-electron chi connectivity index (χ4n) is 4.68. The summed E-state index contributed by atoms with van der Waals surface area (Å²) < 4.78 is 7.42. The Morgan fingerprint density at radius 3 is 2.62 bits per heavy atom. The fourth-order valence-corrected chi connectivity index (χ4v) is 4.68. The number of aromatic nitrogens is 3. The summed E-state index contributed by atoms with van der Waals surface area (Å²) in [5.41, 5.74) is 6.22. The lowest BCUT2D eigenvalue weighted by Crippen LogP contribution is -2.36. The number of pyridine rings is 1. The van der Waals surface area contributed by atoms with Crippen molar-refractivity contribution < 1.29 is 4.74 Å². The van der Waals surface area contributed by atoms with Crippen LogP contribution in [0.3, 0.4) is 0 Å². The predicted octanol–water partition coefficient (Wildman–Crippen LogP) is 3.17. The molecule has 0 unspecified atom stereocenters. The minimum absolute atomic E-state index is 0.410. The van der Waals surface area contributed by atoms with Crippen LogP contribution in [-0.4, -0.2) is 58.9 Å². The maximum absolute atomic E-state index is 5.46. The molecule has 2 fully saturated rings. The van der Waals surface area contributed by atoms with E-state index in [1.807, 2.05) is 4.52 Å². The summed E-state index contributed by atoms with van der Waals surface area (Å²) in [6, 6.07) is 11.1. The number of fused-ring (bicyclic) bond motifs is 1. The zero-order valence-corrected chi connectivity index (χ0v) is 17.3. The van der Waals surface area contributed by atoms with Crippen LogP contribution in [-0.2, 0) is 11.3 Å². The van der Waals surface area contributed by atoms with Gasteiger partial charge in [-0.15, -0.1) is 0 Å². The average molecular weight is 392 g/mol. The molecule has 0 aliphatic carbocycles. The van der Waals surface area contributed by atoms with Crippen molar-refractivity contribution in [2.45, 2.75) is 32.7 Å². The van der Waals surface area contributed by atoms with Crippen molar-refractivity contribution in [3.8, 4) is 0 Å². The first-order valence-corrected chi connectivity index (χ1v) is 10.6. The van der Waals surface area contributed by atoms with E-state index in [0.29, 0.717) is 5.92 Å². The van der Waals surface area contributed by atoms with Crippen molar-refractivity contribution in [2.75, 3.05) is 44.3 Å². The van der Waals surface area contributed by atoms with Gasteiger partial charge in [0, 0.05) is 32.1 Å². The molecule has 2 aliphatic heterocycles. The standard InChI is InChI=1S/C23H29N5O/c1-17-11-18(2)13-19(12-17)14-26-6-5-20(15-26)23-24-22-4-3-21(16-28(22)25-23)27-7-9-29-10-8-27/h3-4,11-13,16,20H,5-10,14-15H2,1-2H3/t20-/m1/s1. The van der Waals surface area contributed by atoms with E-state index in [0.717, 1.165) is 63.8 Å². The van der Waals surface area contributed by atoms with E-state index < -0.39 is 0 Å². The molecule has 2 aliphatic rings. The van der Waals surface area contributed by atoms with Gasteiger partial charge in [-0.3, -0.25) is 4.90 Å². The van der Waals surface area contributed by atoms with Crippen molar-refractivity contribution in [3.63, 3.8) is 0 Å². The molecule has 0 saturated carbocycles. The van der Waals surface area contributed by atoms with Crippen LogP contribution in [0.15, 0.2) is 36.5 Å². The Hall–Kier alpha value is -2.44. The quantitative estimate of drug-likeness (QED) is 0.684. The predicted molar refractivity (Wildman–Crippen MR) is 115 cm³/mol. The third kappa shape index (κ3) is 4.00. The molecular formula is C23H29N5O. The Morgan fingerprint density at radius 1 is 1.03 bits per heavy atom. The van der Waals surface area contributed by atoms with Crippen molar-refractivity contribution >= 4 is 11.3 Å². The lowest BCUT2D eigenvalue weighted by atomic mass is 10.1. The molecule has 3 aromatic rings. The molecule has 1 aromatic carbocycles. The zero-order valence-electron chi connectivity index (χ0n) is 17.3. The van der Waals surface area contributed by atoms with Crippen LogP contribution in [0.25, 0.3) is 5.65 Å². The van der Waals surface area contributed by atoms with E-state index in [1.165, 1.54) is 22.4 Å². The molecule has 2 aromatic heterocycles. The maximum Gasteiger partial charge on any atom is 0.156 e. The number of likely N-dealkylation sites (tertiary alicyclic amines) is 1. The lowest BCUT2D eigenvalue weighted by Gasteiger charge is -2.28. The van der Waals surface area contributed by atoms with Gasteiger partial charge in [0.05, 0.1) is 25.1 Å². The van der Waals surface area contributed by atoms with E-state index in [1.54, 1.807) is 0 Å². The summed E-state index contributed by atoms with van der Waals surface area (Å²) in [6.07, 6.45) is 3.23. The van der Waals surface area contributed by atoms with E-state index in [-0.39, 0.29) is 0 Å². The first-order valence-electron chi connectivity index (χ1n) is 10.6. The second-order valence-electron chi connectivity index (χ2n) is 8.48. The van der Waals surface area contributed by atoms with Gasteiger partial charge in [-0.25, -0.2) is 9.50 Å². The molecule has 152 valence electrons. The van der Waals surface area contributed by atoms with Gasteiger partial charge in [0.2, 0.25) is 0 Å². The number of benzene rings is 1. The third-order valence-corrected chi connectivity index (χ3v) is 6.03. The van der Waals surface area contributed by atoms with Crippen molar-refractivity contribution in [2.24, 2.45) is 0 Å². The average Bonchev–Trinajstić information content (AvgIpc) is 3.34. The molecule has 5 rings (SSSR count). The molecule has 0 N–H and O–H groups in total. The Balaban J connectivity index is 1.29. The smallest absolute Gasteiger partial charge is 0.156 e. The van der Waals surface area contributed by atoms with Crippen LogP contribution in [0.5, 0.6) is 0 Å². The van der Waals surface area contributed by atoms with Crippen LogP contribution >= 0.6 is 0 Å². The van der Waals surface area contributed by atoms with E-state index in [9.17, 15) is 0 Å². The van der Waals surface area contributed by atoms with Crippen LogP contribution in [0, 0.1) is 13.8 Å². The highest BCUT2D eigenvalue weighted by Gasteiger charge is 2.27. The van der Waals surface area contributed by atoms with Crippen LogP contribution in [0.4, 0.5) is 5.69 Å². The maximum atomic E-state index is 5.46. The second-order valence-corrected chi connectivity index (χ2v) is 8.48. The number of morpholine rings is 1. The summed E-state index contributed by atoms with van der Waals surface area (Å²) in [7, 11) is 0. The van der Waals surface area contributed by atoms with Gasteiger partial charge in [0.1, 0.15) is 0 Å². The highest BCUT2D eigenvalue weighted by Crippen LogP contribution is 2.27. The van der Waals surface area contributed by atoms with E-state index >= 15 is 0 Å². The summed E-state index contributed by atoms with van der Waals surface area (Å²) in [5.74, 6) is 1.39. The zero-order chi connectivity index (χ0) is 19.8. The number of anilines is 1. The van der Waals surface area contributed by atoms with Gasteiger partial charge in [-0.05, 0) is 44.5 Å². The van der Waals surface area contributed by atoms with Gasteiger partial charge in [0.25, 0.3) is 0 Å². The highest BCUT2D eigenvalue weighted by atomic mass is 16.5. The molecule has 29 heavy (non-hydrogen) atoms. The number of hydrogen-bond donors (Lipinski definition) is 0. The number of ether oxygens (including phenoxy) is 1. The summed E-state index contributed by atoms with van der Waals surface area (Å²) in [6.45, 7) is 10.9. The first-order chi connectivity index (χ1) is 14.1. The molecule has 2 saturated heterocycles. The number of rotatable bonds is 4. The molecule has 0 bridgehead atoms. The molecule has 0 spiro atoms. The van der Waals surface area contributed by atoms with Gasteiger partial charge in [-0.2, -0.15) is 5.10 Å². The summed E-state index contributed by atoms with van der Waals surface area (Å²) in [5, 5.41) is 4.84. The molecule has 0 radical (unpaired) electrons. The highest BCUT2D eigenvalue weighted by molar-refractivity contribution is 5.51. The minimum Gasteiger partial charge on any atom is -0.378 e. The minimum atomic E-state index is 0.410. The topological polar surface area (TPSA) is 45.9 Å². The monoisotopic (exact) mass is 391 g/mol. The normalized spacial score (nSPS) is 20.6. The van der Waals surface area contributed by atoms with Crippen LogP contribution in [0.2, 0.25) is 0 Å². The Morgan fingerprint density at radius 2 is 1.83 bits per heavy atom. The summed E-state index contributed by atoms with van der Waals surface area (Å²) in [4.78, 5) is 9.72. The molecular weight excluding hydrogens is 362 g/mol. The second kappa shape index (κ2) is 7.76. The van der Waals surface area contributed by atoms with Crippen molar-refractivity contribution in [1.82, 2.24) is 19.5 Å². The van der Waals surface area contributed by atoms with Gasteiger partial charge in [-0.1, -0.05) is 29.3 Å².